The normalized spacial score (nSPS) is 15.7. The molecule has 2 aromatic heterocycles. The molecule has 3 aromatic rings. The second kappa shape index (κ2) is 6.17. The van der Waals surface area contributed by atoms with Crippen LogP contribution in [0.3, 0.4) is 0 Å². The number of fused-ring (bicyclic) bond motifs is 1. The minimum absolute atomic E-state index is 0.311. The quantitative estimate of drug-likeness (QED) is 0.728. The Balaban J connectivity index is 1.80. The van der Waals surface area contributed by atoms with E-state index in [9.17, 15) is 9.18 Å². The van der Waals surface area contributed by atoms with Crippen LogP contribution in [-0.2, 0) is 5.54 Å². The van der Waals surface area contributed by atoms with Gasteiger partial charge >= 0.3 is 0 Å². The van der Waals surface area contributed by atoms with Gasteiger partial charge < -0.3 is 10.6 Å². The number of carbonyl (C=O) groups excluding carboxylic acids is 1. The number of rotatable bonds is 4. The zero-order chi connectivity index (χ0) is 18.5. The summed E-state index contributed by atoms with van der Waals surface area (Å²) in [6.07, 6.45) is 4.21. The Morgan fingerprint density at radius 1 is 1.42 bits per heavy atom. The van der Waals surface area contributed by atoms with Crippen LogP contribution < -0.4 is 10.6 Å². The largest absolute Gasteiger partial charge is 0.366 e. The number of thiazole rings is 1. The van der Waals surface area contributed by atoms with E-state index in [1.165, 1.54) is 23.5 Å². The zero-order valence-corrected chi connectivity index (χ0v) is 15.6. The number of nitrogens with two attached hydrogens (primary N) is 1. The van der Waals surface area contributed by atoms with Crippen molar-refractivity contribution < 1.29 is 9.18 Å². The highest BCUT2D eigenvalue weighted by molar-refractivity contribution is 7.22. The Labute approximate surface area is 158 Å². The predicted octanol–water partition coefficient (Wildman–Crippen LogP) is 4.10. The second-order valence-corrected chi connectivity index (χ2v) is 7.86. The fourth-order valence-corrected chi connectivity index (χ4v) is 4.82. The molecule has 1 aromatic carbocycles. The van der Waals surface area contributed by atoms with Crippen molar-refractivity contribution in [3.8, 4) is 0 Å². The average Bonchev–Trinajstić information content (AvgIpc) is 3.00. The molecule has 1 aliphatic carbocycles. The summed E-state index contributed by atoms with van der Waals surface area (Å²) in [5, 5.41) is 1.08. The van der Waals surface area contributed by atoms with Crippen LogP contribution in [0.4, 0.5) is 9.52 Å². The number of halogens is 2. The van der Waals surface area contributed by atoms with E-state index in [1.807, 2.05) is 11.9 Å². The summed E-state index contributed by atoms with van der Waals surface area (Å²) in [6, 6.07) is 6.24. The molecule has 1 aliphatic rings. The van der Waals surface area contributed by atoms with Crippen molar-refractivity contribution in [2.24, 2.45) is 5.73 Å². The molecule has 0 unspecified atom stereocenters. The summed E-state index contributed by atoms with van der Waals surface area (Å²) in [5.41, 5.74) is 6.24. The highest BCUT2D eigenvalue weighted by Gasteiger charge is 2.46. The Kier molecular flexibility index (Phi) is 4.08. The lowest BCUT2D eigenvalue weighted by atomic mass is 9.73. The third-order valence-corrected chi connectivity index (χ3v) is 6.40. The standard InChI is InChI=1S/C18H16ClFN4OS/c1-24(18(5-3-6-18)15-12(20)4-2-7-22-15)17-23-14-11(19)8-10(16(21)25)9-13(14)26-17/h2,4,7-9H,3,5-6H2,1H3,(H2,21,25). The van der Waals surface area contributed by atoms with E-state index in [-0.39, 0.29) is 5.82 Å². The van der Waals surface area contributed by atoms with E-state index in [4.69, 9.17) is 17.3 Å². The molecule has 0 spiro atoms. The Bertz CT molecular complexity index is 1020. The SMILES string of the molecule is CN(c1nc2c(Cl)cc(C(N)=O)cc2s1)C1(c2ncccc2F)CCC1. The van der Waals surface area contributed by atoms with Crippen LogP contribution in [-0.4, -0.2) is 22.9 Å². The molecule has 2 heterocycles. The number of aromatic nitrogens is 2. The molecule has 2 N–H and O–H groups in total. The van der Waals surface area contributed by atoms with Gasteiger partial charge in [-0.25, -0.2) is 9.37 Å². The van der Waals surface area contributed by atoms with Gasteiger partial charge in [0.15, 0.2) is 5.13 Å². The molecule has 8 heteroatoms. The van der Waals surface area contributed by atoms with E-state index in [1.54, 1.807) is 18.3 Å². The maximum atomic E-state index is 14.4. The number of amides is 1. The molecule has 134 valence electrons. The lowest BCUT2D eigenvalue weighted by Gasteiger charge is -2.48. The fraction of sp³-hybridized carbons (Fsp3) is 0.278. The lowest BCUT2D eigenvalue weighted by molar-refractivity contribution is 0.100. The average molecular weight is 391 g/mol. The maximum Gasteiger partial charge on any atom is 0.248 e. The van der Waals surface area contributed by atoms with Crippen LogP contribution in [0, 0.1) is 5.82 Å². The summed E-state index contributed by atoms with van der Waals surface area (Å²) in [4.78, 5) is 22.4. The van der Waals surface area contributed by atoms with Crippen molar-refractivity contribution >= 4 is 44.2 Å². The smallest absolute Gasteiger partial charge is 0.248 e. The highest BCUT2D eigenvalue weighted by Crippen LogP contribution is 2.49. The zero-order valence-electron chi connectivity index (χ0n) is 14.0. The van der Waals surface area contributed by atoms with Gasteiger partial charge in [-0.2, -0.15) is 0 Å². The summed E-state index contributed by atoms with van der Waals surface area (Å²) >= 11 is 7.67. The van der Waals surface area contributed by atoms with E-state index in [2.05, 4.69) is 9.97 Å². The van der Waals surface area contributed by atoms with Gasteiger partial charge in [-0.3, -0.25) is 9.78 Å². The van der Waals surface area contributed by atoms with Crippen molar-refractivity contribution in [2.75, 3.05) is 11.9 Å². The van der Waals surface area contributed by atoms with Crippen molar-refractivity contribution in [1.29, 1.82) is 0 Å². The number of hydrogen-bond donors (Lipinski definition) is 1. The number of anilines is 1. The molecule has 0 bridgehead atoms. The minimum Gasteiger partial charge on any atom is -0.366 e. The third kappa shape index (κ3) is 2.54. The monoisotopic (exact) mass is 390 g/mol. The lowest BCUT2D eigenvalue weighted by Crippen LogP contribution is -2.50. The van der Waals surface area contributed by atoms with Gasteiger partial charge in [0.25, 0.3) is 0 Å². The number of nitrogens with zero attached hydrogens (tertiary/aromatic N) is 3. The van der Waals surface area contributed by atoms with E-state index in [0.717, 1.165) is 24.0 Å². The third-order valence-electron chi connectivity index (χ3n) is 5.03. The molecule has 5 nitrogen and oxygen atoms in total. The van der Waals surface area contributed by atoms with E-state index in [0.29, 0.717) is 26.9 Å². The predicted molar refractivity (Wildman–Crippen MR) is 101 cm³/mol. The van der Waals surface area contributed by atoms with Crippen molar-refractivity contribution in [3.05, 3.63) is 52.6 Å². The van der Waals surface area contributed by atoms with Crippen LogP contribution in [0.1, 0.15) is 35.3 Å². The minimum atomic E-state index is -0.539. The Hall–Kier alpha value is -2.25. The first-order chi connectivity index (χ1) is 12.4. The van der Waals surface area contributed by atoms with Gasteiger partial charge in [0.2, 0.25) is 5.91 Å². The molecule has 0 saturated heterocycles. The van der Waals surface area contributed by atoms with Gasteiger partial charge in [-0.1, -0.05) is 22.9 Å². The van der Waals surface area contributed by atoms with Crippen LogP contribution >= 0.6 is 22.9 Å². The van der Waals surface area contributed by atoms with Gasteiger partial charge in [-0.05, 0) is 43.5 Å². The number of benzene rings is 1. The number of hydrogen-bond acceptors (Lipinski definition) is 5. The molecule has 0 atom stereocenters. The van der Waals surface area contributed by atoms with Crippen LogP contribution in [0.2, 0.25) is 5.02 Å². The van der Waals surface area contributed by atoms with Crippen molar-refractivity contribution in [2.45, 2.75) is 24.8 Å². The Morgan fingerprint density at radius 2 is 2.19 bits per heavy atom. The highest BCUT2D eigenvalue weighted by atomic mass is 35.5. The molecule has 0 aliphatic heterocycles. The first kappa shape index (κ1) is 17.2. The molecule has 1 amide bonds. The molecule has 0 radical (unpaired) electrons. The molecule has 4 rings (SSSR count). The van der Waals surface area contributed by atoms with Crippen LogP contribution in [0.5, 0.6) is 0 Å². The van der Waals surface area contributed by atoms with E-state index >= 15 is 0 Å². The van der Waals surface area contributed by atoms with Crippen LogP contribution in [0.25, 0.3) is 10.2 Å². The molecular weight excluding hydrogens is 375 g/mol. The second-order valence-electron chi connectivity index (χ2n) is 6.44. The van der Waals surface area contributed by atoms with Crippen molar-refractivity contribution in [3.63, 3.8) is 0 Å². The molecular formula is C18H16ClFN4OS. The van der Waals surface area contributed by atoms with Gasteiger partial charge in [0.1, 0.15) is 17.0 Å². The maximum absolute atomic E-state index is 14.4. The number of carbonyl (C=O) groups is 1. The first-order valence-electron chi connectivity index (χ1n) is 8.17. The molecule has 1 saturated carbocycles. The van der Waals surface area contributed by atoms with Crippen molar-refractivity contribution in [1.82, 2.24) is 9.97 Å². The summed E-state index contributed by atoms with van der Waals surface area (Å²) in [5.74, 6) is -0.850. The Morgan fingerprint density at radius 3 is 2.81 bits per heavy atom. The molecule has 26 heavy (non-hydrogen) atoms. The topological polar surface area (TPSA) is 72.1 Å². The van der Waals surface area contributed by atoms with Gasteiger partial charge in [0, 0.05) is 18.8 Å². The summed E-state index contributed by atoms with van der Waals surface area (Å²) in [7, 11) is 1.90. The van der Waals surface area contributed by atoms with E-state index < -0.39 is 11.4 Å². The molecule has 1 fully saturated rings. The van der Waals surface area contributed by atoms with Crippen LogP contribution in [0.15, 0.2) is 30.5 Å². The fourth-order valence-electron chi connectivity index (χ4n) is 3.42. The van der Waals surface area contributed by atoms with Gasteiger partial charge in [-0.15, -0.1) is 0 Å². The number of primary amides is 1. The number of pyridine rings is 1. The van der Waals surface area contributed by atoms with Gasteiger partial charge in [0.05, 0.1) is 15.3 Å². The summed E-state index contributed by atoms with van der Waals surface area (Å²) < 4.78 is 15.2. The summed E-state index contributed by atoms with van der Waals surface area (Å²) in [6.45, 7) is 0. The first-order valence-corrected chi connectivity index (χ1v) is 9.36.